The minimum Gasteiger partial charge on any atom is -0.356 e. The van der Waals surface area contributed by atoms with Crippen LogP contribution in [0.1, 0.15) is 23.7 Å². The quantitative estimate of drug-likeness (QED) is 0.275. The fraction of sp³-hybridized carbons (Fsp3) is 0.238. The fourth-order valence-corrected chi connectivity index (χ4v) is 3.47. The predicted octanol–water partition coefficient (Wildman–Crippen LogP) is 2.68. The maximum absolute atomic E-state index is 12.0. The van der Waals surface area contributed by atoms with Crippen molar-refractivity contribution in [1.82, 2.24) is 25.4 Å². The zero-order valence-corrected chi connectivity index (χ0v) is 18.9. The Balaban J connectivity index is 0.00000256. The number of para-hydroxylation sites is 2. The number of aliphatic imine (C=N–C) groups is 1. The number of carbonyl (C=O) groups excluding carboxylic acids is 1. The number of benzene rings is 2. The van der Waals surface area contributed by atoms with E-state index in [0.717, 1.165) is 22.8 Å². The Morgan fingerprint density at radius 1 is 1.17 bits per heavy atom. The molecule has 30 heavy (non-hydrogen) atoms. The summed E-state index contributed by atoms with van der Waals surface area (Å²) >= 11 is 0. The summed E-state index contributed by atoms with van der Waals surface area (Å²) < 4.78 is 1.93. The molecule has 0 saturated heterocycles. The van der Waals surface area contributed by atoms with E-state index in [4.69, 9.17) is 0 Å². The van der Waals surface area contributed by atoms with E-state index in [1.54, 1.807) is 13.4 Å². The summed E-state index contributed by atoms with van der Waals surface area (Å²) in [6.45, 7) is 1.08. The normalized spacial score (nSPS) is 15.6. The van der Waals surface area contributed by atoms with Gasteiger partial charge in [0.05, 0.1) is 6.54 Å². The second kappa shape index (κ2) is 10.2. The number of guanidine groups is 1. The van der Waals surface area contributed by atoms with Crippen molar-refractivity contribution >= 4 is 41.5 Å². The van der Waals surface area contributed by atoms with Crippen molar-refractivity contribution in [3.63, 3.8) is 0 Å². The summed E-state index contributed by atoms with van der Waals surface area (Å²) in [5, 5.41) is 17.7. The number of hydrogen-bond donors (Lipinski definition) is 3. The number of carbonyl (C=O) groups is 1. The van der Waals surface area contributed by atoms with Crippen LogP contribution >= 0.6 is 24.0 Å². The minimum absolute atomic E-state index is 0. The van der Waals surface area contributed by atoms with Crippen molar-refractivity contribution in [3.8, 4) is 5.69 Å². The number of rotatable bonds is 5. The number of amides is 1. The van der Waals surface area contributed by atoms with Gasteiger partial charge in [-0.3, -0.25) is 14.4 Å². The zero-order chi connectivity index (χ0) is 20.1. The number of fused-ring (bicyclic) bond motifs is 1. The van der Waals surface area contributed by atoms with Crippen LogP contribution in [-0.4, -0.2) is 40.2 Å². The Kier molecular flexibility index (Phi) is 7.39. The Morgan fingerprint density at radius 2 is 1.93 bits per heavy atom. The molecule has 9 heteroatoms. The maximum atomic E-state index is 12.0. The van der Waals surface area contributed by atoms with Crippen molar-refractivity contribution < 1.29 is 4.79 Å². The molecule has 0 bridgehead atoms. The van der Waals surface area contributed by atoms with Crippen LogP contribution in [0.3, 0.4) is 0 Å². The molecule has 4 rings (SSSR count). The monoisotopic (exact) mass is 517 g/mol. The van der Waals surface area contributed by atoms with Crippen molar-refractivity contribution in [1.29, 1.82) is 0 Å². The molecule has 0 spiro atoms. The number of nitrogens with one attached hydrogen (secondary N) is 3. The molecular weight excluding hydrogens is 493 g/mol. The lowest BCUT2D eigenvalue weighted by molar-refractivity contribution is -0.116. The van der Waals surface area contributed by atoms with E-state index >= 15 is 0 Å². The molecule has 1 unspecified atom stereocenters. The molecule has 3 aromatic rings. The first-order chi connectivity index (χ1) is 14.2. The average molecular weight is 517 g/mol. The largest absolute Gasteiger partial charge is 0.356 e. The van der Waals surface area contributed by atoms with Gasteiger partial charge in [-0.1, -0.05) is 36.4 Å². The van der Waals surface area contributed by atoms with E-state index in [-0.39, 0.29) is 35.8 Å². The van der Waals surface area contributed by atoms with Crippen LogP contribution in [0.2, 0.25) is 0 Å². The highest BCUT2D eigenvalue weighted by Gasteiger charge is 2.24. The number of hydrogen-bond acceptors (Lipinski definition) is 4. The lowest BCUT2D eigenvalue weighted by Gasteiger charge is -2.26. The molecule has 1 aliphatic heterocycles. The topological polar surface area (TPSA) is 96.2 Å². The van der Waals surface area contributed by atoms with Crippen molar-refractivity contribution in [2.45, 2.75) is 18.9 Å². The molecule has 1 atom stereocenters. The molecular formula is C21H24IN7O. The van der Waals surface area contributed by atoms with Crippen LogP contribution in [0, 0.1) is 0 Å². The van der Waals surface area contributed by atoms with Crippen molar-refractivity contribution in [2.75, 3.05) is 18.9 Å². The first-order valence-electron chi connectivity index (χ1n) is 9.52. The smallest absolute Gasteiger partial charge is 0.225 e. The average Bonchev–Trinajstić information content (AvgIpc) is 3.23. The molecule has 1 aromatic heterocycles. The third kappa shape index (κ3) is 4.96. The van der Waals surface area contributed by atoms with Crippen LogP contribution in [0.15, 0.2) is 65.9 Å². The van der Waals surface area contributed by atoms with E-state index in [9.17, 15) is 4.79 Å². The van der Waals surface area contributed by atoms with Gasteiger partial charge in [0.1, 0.15) is 6.33 Å². The molecule has 0 saturated carbocycles. The van der Waals surface area contributed by atoms with Gasteiger partial charge in [0.2, 0.25) is 5.91 Å². The summed E-state index contributed by atoms with van der Waals surface area (Å²) in [6.07, 6.45) is 2.14. The third-order valence-corrected chi connectivity index (χ3v) is 4.91. The predicted molar refractivity (Wildman–Crippen MR) is 127 cm³/mol. The van der Waals surface area contributed by atoms with Gasteiger partial charge in [0.15, 0.2) is 11.8 Å². The minimum atomic E-state index is 0. The highest BCUT2D eigenvalue weighted by Crippen LogP contribution is 2.31. The lowest BCUT2D eigenvalue weighted by atomic mass is 9.90. The van der Waals surface area contributed by atoms with Gasteiger partial charge >= 0.3 is 0 Å². The molecule has 1 aliphatic rings. The first kappa shape index (κ1) is 21.8. The van der Waals surface area contributed by atoms with Crippen molar-refractivity contribution in [3.05, 3.63) is 72.3 Å². The number of halogens is 1. The molecule has 8 nitrogen and oxygen atoms in total. The van der Waals surface area contributed by atoms with Gasteiger partial charge in [-0.05, 0) is 23.8 Å². The van der Waals surface area contributed by atoms with Crippen LogP contribution in [0.5, 0.6) is 0 Å². The number of aromatic nitrogens is 3. The molecule has 0 fully saturated rings. The van der Waals surface area contributed by atoms with Crippen molar-refractivity contribution in [2.24, 2.45) is 4.99 Å². The van der Waals surface area contributed by atoms with E-state index in [1.807, 2.05) is 53.1 Å². The summed E-state index contributed by atoms with van der Waals surface area (Å²) in [5.41, 5.74) is 3.02. The molecule has 3 N–H and O–H groups in total. The molecule has 0 radical (unpaired) electrons. The van der Waals surface area contributed by atoms with Crippen LogP contribution in [-0.2, 0) is 11.3 Å². The van der Waals surface area contributed by atoms with Crippen LogP contribution in [0.4, 0.5) is 5.69 Å². The van der Waals surface area contributed by atoms with Gasteiger partial charge in [0, 0.05) is 37.3 Å². The molecule has 1 amide bonds. The van der Waals surface area contributed by atoms with Gasteiger partial charge in [-0.2, -0.15) is 0 Å². The van der Waals surface area contributed by atoms with Gasteiger partial charge in [-0.15, -0.1) is 34.2 Å². The highest BCUT2D eigenvalue weighted by atomic mass is 127. The Hall–Kier alpha value is -2.95. The number of nitrogens with zero attached hydrogens (tertiary/aromatic N) is 4. The third-order valence-electron chi connectivity index (χ3n) is 4.91. The summed E-state index contributed by atoms with van der Waals surface area (Å²) in [7, 11) is 1.72. The highest BCUT2D eigenvalue weighted by molar-refractivity contribution is 14.0. The van der Waals surface area contributed by atoms with E-state index in [1.165, 1.54) is 0 Å². The standard InChI is InChI=1S/C21H23N7O.HI/c1-22-21(23-12-15-11-20(29)26-18-10-6-5-9-17(15)18)24-13-19-27-25-14-28(19)16-7-3-2-4-8-16;/h2-10,14-15H,11-13H2,1H3,(H,26,29)(H2,22,23,24);1H. The van der Waals surface area contributed by atoms with Crippen LogP contribution < -0.4 is 16.0 Å². The van der Waals surface area contributed by atoms with Crippen LogP contribution in [0.25, 0.3) is 5.69 Å². The molecule has 2 aromatic carbocycles. The maximum Gasteiger partial charge on any atom is 0.225 e. The lowest BCUT2D eigenvalue weighted by Crippen LogP contribution is -2.40. The van der Waals surface area contributed by atoms with E-state index < -0.39 is 0 Å². The first-order valence-corrected chi connectivity index (χ1v) is 9.52. The summed E-state index contributed by atoms with van der Waals surface area (Å²) in [6, 6.07) is 17.8. The van der Waals surface area contributed by atoms with Gasteiger partial charge in [0.25, 0.3) is 0 Å². The fourth-order valence-electron chi connectivity index (χ4n) is 3.47. The second-order valence-corrected chi connectivity index (χ2v) is 6.80. The zero-order valence-electron chi connectivity index (χ0n) is 16.6. The second-order valence-electron chi connectivity index (χ2n) is 6.80. The number of anilines is 1. The summed E-state index contributed by atoms with van der Waals surface area (Å²) in [4.78, 5) is 16.3. The molecule has 2 heterocycles. The Labute approximate surface area is 192 Å². The van der Waals surface area contributed by atoms with Gasteiger partial charge < -0.3 is 16.0 Å². The SMILES string of the molecule is CN=C(NCc1nncn1-c1ccccc1)NCC1CC(=O)Nc2ccccc21.I. The summed E-state index contributed by atoms with van der Waals surface area (Å²) in [5.74, 6) is 1.55. The molecule has 0 aliphatic carbocycles. The van der Waals surface area contributed by atoms with E-state index in [2.05, 4.69) is 37.2 Å². The Morgan fingerprint density at radius 3 is 2.73 bits per heavy atom. The Bertz CT molecular complexity index is 1020. The van der Waals surface area contributed by atoms with E-state index in [0.29, 0.717) is 25.5 Å². The molecule has 156 valence electrons. The van der Waals surface area contributed by atoms with Gasteiger partial charge in [-0.25, -0.2) is 0 Å².